The van der Waals surface area contributed by atoms with E-state index in [1.807, 2.05) is 13.8 Å². The molecule has 0 heterocycles. The fraction of sp³-hybridized carbons (Fsp3) is 0.385. The Morgan fingerprint density at radius 1 is 1.58 bits per heavy atom. The number of thiocarbonyl (C=S) groups is 1. The summed E-state index contributed by atoms with van der Waals surface area (Å²) in [6.45, 7) is 4.62. The van der Waals surface area contributed by atoms with Crippen molar-refractivity contribution in [1.82, 2.24) is 4.90 Å². The van der Waals surface area contributed by atoms with Crippen LogP contribution in [0.4, 0.5) is 0 Å². The van der Waals surface area contributed by atoms with Crippen molar-refractivity contribution in [2.45, 2.75) is 13.8 Å². The molecule has 0 aromatic heterocycles. The third kappa shape index (κ3) is 4.08. The summed E-state index contributed by atoms with van der Waals surface area (Å²) in [6, 6.07) is 4.38. The molecule has 1 amide bonds. The molecule has 0 radical (unpaired) electrons. The number of halogens is 1. The molecule has 1 rings (SSSR count). The van der Waals surface area contributed by atoms with E-state index in [9.17, 15) is 9.90 Å². The van der Waals surface area contributed by atoms with Gasteiger partial charge in [0.15, 0.2) is 0 Å². The van der Waals surface area contributed by atoms with E-state index < -0.39 is 0 Å². The quantitative estimate of drug-likeness (QED) is 0.820. The van der Waals surface area contributed by atoms with Crippen molar-refractivity contribution in [2.24, 2.45) is 11.7 Å². The van der Waals surface area contributed by atoms with Gasteiger partial charge in [0.1, 0.15) is 5.75 Å². The molecule has 0 saturated carbocycles. The normalized spacial score (nSPS) is 11.9. The molecule has 1 aromatic carbocycles. The maximum absolute atomic E-state index is 12.3. The Hall–Kier alpha value is -1.33. The Morgan fingerprint density at radius 3 is 2.74 bits per heavy atom. The molecule has 4 nitrogen and oxygen atoms in total. The highest BCUT2D eigenvalue weighted by molar-refractivity contribution is 7.80. The van der Waals surface area contributed by atoms with Crippen LogP contribution in [0.15, 0.2) is 18.2 Å². The standard InChI is InChI=1S/C13H17ClN2O2S/c1-3-16(7-8(2)12(15)19)13(18)10-6-9(14)4-5-11(10)17/h4-6,8,17H,3,7H2,1-2H3,(H2,15,19). The first kappa shape index (κ1) is 15.7. The molecule has 6 heteroatoms. The van der Waals surface area contributed by atoms with Gasteiger partial charge in [0.2, 0.25) is 0 Å². The van der Waals surface area contributed by atoms with Crippen LogP contribution in [-0.4, -0.2) is 34.0 Å². The van der Waals surface area contributed by atoms with Gasteiger partial charge >= 0.3 is 0 Å². The minimum absolute atomic E-state index is 0.0831. The second-order valence-electron chi connectivity index (χ2n) is 4.31. The third-order valence-corrected chi connectivity index (χ3v) is 3.48. The maximum atomic E-state index is 12.3. The van der Waals surface area contributed by atoms with Gasteiger partial charge in [-0.25, -0.2) is 0 Å². The molecule has 1 atom stereocenters. The lowest BCUT2D eigenvalue weighted by atomic mass is 10.1. The highest BCUT2D eigenvalue weighted by Crippen LogP contribution is 2.23. The monoisotopic (exact) mass is 300 g/mol. The zero-order valence-corrected chi connectivity index (χ0v) is 12.5. The Kier molecular flexibility index (Phi) is 5.57. The van der Waals surface area contributed by atoms with Crippen LogP contribution in [0, 0.1) is 5.92 Å². The summed E-state index contributed by atoms with van der Waals surface area (Å²) in [7, 11) is 0. The number of phenols is 1. The first-order chi connectivity index (χ1) is 8.86. The molecule has 0 aliphatic rings. The van der Waals surface area contributed by atoms with E-state index >= 15 is 0 Å². The number of hydrogen-bond donors (Lipinski definition) is 2. The highest BCUT2D eigenvalue weighted by atomic mass is 35.5. The van der Waals surface area contributed by atoms with E-state index in [0.29, 0.717) is 23.1 Å². The van der Waals surface area contributed by atoms with Crippen LogP contribution in [0.25, 0.3) is 0 Å². The van der Waals surface area contributed by atoms with Gasteiger partial charge in [0, 0.05) is 24.0 Å². The van der Waals surface area contributed by atoms with E-state index in [1.54, 1.807) is 4.90 Å². The largest absolute Gasteiger partial charge is 0.507 e. The van der Waals surface area contributed by atoms with Crippen LogP contribution in [-0.2, 0) is 0 Å². The summed E-state index contributed by atoms with van der Waals surface area (Å²) in [5.41, 5.74) is 5.74. The van der Waals surface area contributed by atoms with Crippen LogP contribution < -0.4 is 5.73 Å². The zero-order valence-electron chi connectivity index (χ0n) is 10.9. The Balaban J connectivity index is 2.95. The summed E-state index contributed by atoms with van der Waals surface area (Å²) in [5, 5.41) is 10.1. The lowest BCUT2D eigenvalue weighted by Crippen LogP contribution is -2.38. The predicted molar refractivity (Wildman–Crippen MR) is 80.6 cm³/mol. The zero-order chi connectivity index (χ0) is 14.6. The van der Waals surface area contributed by atoms with Crippen LogP contribution >= 0.6 is 23.8 Å². The van der Waals surface area contributed by atoms with Crippen molar-refractivity contribution < 1.29 is 9.90 Å². The first-order valence-corrected chi connectivity index (χ1v) is 6.72. The summed E-state index contributed by atoms with van der Waals surface area (Å²) in [6.07, 6.45) is 0. The van der Waals surface area contributed by atoms with Crippen molar-refractivity contribution >= 4 is 34.7 Å². The summed E-state index contributed by atoms with van der Waals surface area (Å²) in [4.78, 5) is 14.3. The number of phenolic OH excluding ortho intramolecular Hbond substituents is 1. The van der Waals surface area contributed by atoms with Gasteiger partial charge in [0.25, 0.3) is 5.91 Å². The average molecular weight is 301 g/mol. The summed E-state index contributed by atoms with van der Waals surface area (Å²) >= 11 is 10.7. The van der Waals surface area contributed by atoms with Gasteiger partial charge in [-0.1, -0.05) is 30.7 Å². The molecule has 1 aromatic rings. The average Bonchev–Trinajstić information content (AvgIpc) is 2.37. The number of rotatable bonds is 5. The van der Waals surface area contributed by atoms with Crippen LogP contribution in [0.2, 0.25) is 5.02 Å². The van der Waals surface area contributed by atoms with Crippen LogP contribution in [0.3, 0.4) is 0 Å². The Bertz CT molecular complexity index is 494. The number of hydrogen-bond acceptors (Lipinski definition) is 3. The van der Waals surface area contributed by atoms with Crippen LogP contribution in [0.5, 0.6) is 5.75 Å². The first-order valence-electron chi connectivity index (χ1n) is 5.93. The molecule has 104 valence electrons. The molecule has 1 unspecified atom stereocenters. The predicted octanol–water partition coefficient (Wildman–Crippen LogP) is 2.43. The minimum atomic E-state index is -0.286. The van der Waals surface area contributed by atoms with Crippen molar-refractivity contribution in [3.63, 3.8) is 0 Å². The topological polar surface area (TPSA) is 66.6 Å². The van der Waals surface area contributed by atoms with Gasteiger partial charge in [-0.05, 0) is 25.1 Å². The van der Waals surface area contributed by atoms with Gasteiger partial charge < -0.3 is 15.7 Å². The van der Waals surface area contributed by atoms with Gasteiger partial charge in [-0.3, -0.25) is 4.79 Å². The minimum Gasteiger partial charge on any atom is -0.507 e. The lowest BCUT2D eigenvalue weighted by Gasteiger charge is -2.24. The smallest absolute Gasteiger partial charge is 0.257 e. The molecule has 0 bridgehead atoms. The molecule has 0 aliphatic carbocycles. The summed E-state index contributed by atoms with van der Waals surface area (Å²) < 4.78 is 0. The maximum Gasteiger partial charge on any atom is 0.257 e. The van der Waals surface area contributed by atoms with E-state index in [4.69, 9.17) is 29.6 Å². The second-order valence-corrected chi connectivity index (χ2v) is 5.22. The Labute approximate surface area is 123 Å². The fourth-order valence-corrected chi connectivity index (χ4v) is 1.87. The number of aromatic hydroxyl groups is 1. The fourth-order valence-electron chi connectivity index (χ4n) is 1.63. The summed E-state index contributed by atoms with van der Waals surface area (Å²) in [5.74, 6) is -0.457. The van der Waals surface area contributed by atoms with Crippen molar-refractivity contribution in [2.75, 3.05) is 13.1 Å². The molecule has 3 N–H and O–H groups in total. The molecule has 0 fully saturated rings. The molecule has 0 saturated heterocycles. The molecule has 19 heavy (non-hydrogen) atoms. The van der Waals surface area contributed by atoms with Gasteiger partial charge in [-0.15, -0.1) is 0 Å². The second kappa shape index (κ2) is 6.73. The van der Waals surface area contributed by atoms with E-state index in [0.717, 1.165) is 0 Å². The van der Waals surface area contributed by atoms with Gasteiger partial charge in [-0.2, -0.15) is 0 Å². The van der Waals surface area contributed by atoms with Crippen LogP contribution in [0.1, 0.15) is 24.2 Å². The lowest BCUT2D eigenvalue weighted by molar-refractivity contribution is 0.0752. The van der Waals surface area contributed by atoms with Gasteiger partial charge in [0.05, 0.1) is 10.6 Å². The number of amides is 1. The Morgan fingerprint density at radius 2 is 2.21 bits per heavy atom. The third-order valence-electron chi connectivity index (χ3n) is 2.84. The molecular formula is C13H17ClN2O2S. The van der Waals surface area contributed by atoms with Crippen molar-refractivity contribution in [1.29, 1.82) is 0 Å². The van der Waals surface area contributed by atoms with E-state index in [-0.39, 0.29) is 23.1 Å². The number of carbonyl (C=O) groups excluding carboxylic acids is 1. The highest BCUT2D eigenvalue weighted by Gasteiger charge is 2.20. The SMILES string of the molecule is CCN(CC(C)C(N)=S)C(=O)c1cc(Cl)ccc1O. The van der Waals surface area contributed by atoms with Crippen molar-refractivity contribution in [3.05, 3.63) is 28.8 Å². The molecule has 0 spiro atoms. The number of benzene rings is 1. The van der Waals surface area contributed by atoms with E-state index in [2.05, 4.69) is 0 Å². The number of nitrogens with two attached hydrogens (primary N) is 1. The molecule has 0 aliphatic heterocycles. The number of carbonyl (C=O) groups is 1. The molecular weight excluding hydrogens is 284 g/mol. The van der Waals surface area contributed by atoms with Crippen molar-refractivity contribution in [3.8, 4) is 5.75 Å². The number of nitrogens with zero attached hydrogens (tertiary/aromatic N) is 1. The van der Waals surface area contributed by atoms with E-state index in [1.165, 1.54) is 18.2 Å².